The minimum Gasteiger partial charge on any atom is -0.349 e. The normalized spacial score (nSPS) is 24.1. The number of rotatable bonds is 15. The van der Waals surface area contributed by atoms with E-state index in [9.17, 15) is 28.8 Å². The minimum atomic E-state index is -0.517. The fourth-order valence-corrected chi connectivity index (χ4v) is 18.0. The van der Waals surface area contributed by atoms with Crippen molar-refractivity contribution in [3.8, 4) is 0 Å². The topological polar surface area (TPSA) is 158 Å². The van der Waals surface area contributed by atoms with Crippen LogP contribution in [0, 0.1) is 22.2 Å². The van der Waals surface area contributed by atoms with E-state index >= 15 is 0 Å². The lowest BCUT2D eigenvalue weighted by Gasteiger charge is -2.49. The van der Waals surface area contributed by atoms with Crippen molar-refractivity contribution in [3.63, 3.8) is 0 Å². The molecule has 15 nitrogen and oxygen atoms in total. The molecule has 3 aromatic rings. The number of likely N-dealkylation sites (tertiary alicyclic amines) is 5. The van der Waals surface area contributed by atoms with Crippen molar-refractivity contribution in [1.29, 1.82) is 0 Å². The van der Waals surface area contributed by atoms with E-state index in [0.29, 0.717) is 42.3 Å². The predicted octanol–water partition coefficient (Wildman–Crippen LogP) is 14.9. The summed E-state index contributed by atoms with van der Waals surface area (Å²) in [7, 11) is 0. The van der Waals surface area contributed by atoms with Crippen LogP contribution in [0.4, 0.5) is 0 Å². The third kappa shape index (κ3) is 19.3. The van der Waals surface area contributed by atoms with Gasteiger partial charge in [0.05, 0.1) is 24.0 Å². The van der Waals surface area contributed by atoms with Gasteiger partial charge in [0.15, 0.2) is 0 Å². The van der Waals surface area contributed by atoms with Crippen LogP contribution in [0.25, 0.3) is 0 Å². The van der Waals surface area contributed by atoms with Gasteiger partial charge in [0.1, 0.15) is 12.1 Å². The van der Waals surface area contributed by atoms with Crippen molar-refractivity contribution in [2.75, 3.05) is 85.1 Å². The molecule has 11 rings (SSSR count). The summed E-state index contributed by atoms with van der Waals surface area (Å²) in [5.41, 5.74) is 10.2. The van der Waals surface area contributed by atoms with Crippen LogP contribution in [0.1, 0.15) is 281 Å². The van der Waals surface area contributed by atoms with Crippen molar-refractivity contribution >= 4 is 35.4 Å². The van der Waals surface area contributed by atoms with Gasteiger partial charge in [-0.3, -0.25) is 28.8 Å². The summed E-state index contributed by atoms with van der Waals surface area (Å²) in [6.45, 7) is 43.0. The number of fused-ring (bicyclic) bond motifs is 6. The Balaban J connectivity index is 0.000000235. The van der Waals surface area contributed by atoms with Gasteiger partial charge in [-0.25, -0.2) is 0 Å². The maximum Gasteiger partial charge on any atom is 0.245 e. The number of likely N-dealkylation sites (N-methyl/N-ethyl adjacent to an activating group) is 1. The van der Waals surface area contributed by atoms with Crippen molar-refractivity contribution in [2.24, 2.45) is 22.2 Å². The number of piperidine rings is 4. The number of nitrogens with zero attached hydrogens (tertiary/aromatic N) is 6. The molecular weight excluding hydrogens is 1220 g/mol. The van der Waals surface area contributed by atoms with Crippen LogP contribution in [-0.2, 0) is 45.0 Å². The molecule has 8 aliphatic rings. The van der Waals surface area contributed by atoms with Gasteiger partial charge >= 0.3 is 0 Å². The number of hydrogen-bond donors (Lipinski definition) is 3. The second-order valence-electron chi connectivity index (χ2n) is 34.8. The van der Waals surface area contributed by atoms with Gasteiger partial charge in [0.2, 0.25) is 35.4 Å². The van der Waals surface area contributed by atoms with Crippen LogP contribution < -0.4 is 16.0 Å². The molecule has 3 aromatic carbocycles. The first-order valence-electron chi connectivity index (χ1n) is 38.6. The number of carbonyl (C=O) groups excluding carboxylic acids is 6. The van der Waals surface area contributed by atoms with Crippen LogP contribution in [0.2, 0.25) is 0 Å². The fourth-order valence-electron chi connectivity index (χ4n) is 18.0. The quantitative estimate of drug-likeness (QED) is 0.135. The number of amides is 6. The molecule has 5 saturated heterocycles. The highest BCUT2D eigenvalue weighted by molar-refractivity contribution is 5.88. The maximum atomic E-state index is 13.7. The van der Waals surface area contributed by atoms with Crippen LogP contribution >= 0.6 is 0 Å². The van der Waals surface area contributed by atoms with E-state index in [0.717, 1.165) is 83.8 Å². The molecule has 98 heavy (non-hydrogen) atoms. The third-order valence-electron chi connectivity index (χ3n) is 24.2. The van der Waals surface area contributed by atoms with Gasteiger partial charge in [0.25, 0.3) is 0 Å². The molecule has 6 atom stereocenters. The lowest BCUT2D eigenvalue weighted by Crippen LogP contribution is -2.51. The Morgan fingerprint density at radius 3 is 1.38 bits per heavy atom. The Labute approximate surface area is 596 Å². The highest BCUT2D eigenvalue weighted by atomic mass is 16.2. The van der Waals surface area contributed by atoms with Crippen molar-refractivity contribution < 1.29 is 33.0 Å². The molecule has 5 heterocycles. The van der Waals surface area contributed by atoms with Crippen LogP contribution in [0.5, 0.6) is 0 Å². The first-order chi connectivity index (χ1) is 46.4. The Morgan fingerprint density at radius 1 is 0.531 bits per heavy atom. The van der Waals surface area contributed by atoms with Gasteiger partial charge in [0, 0.05) is 50.7 Å². The zero-order chi connectivity index (χ0) is 70.8. The van der Waals surface area contributed by atoms with Crippen LogP contribution in [0.15, 0.2) is 72.8 Å². The summed E-state index contributed by atoms with van der Waals surface area (Å²) in [6, 6.07) is 25.9. The summed E-state index contributed by atoms with van der Waals surface area (Å²) in [5, 5.41) is 9.27. The molecule has 3 N–H and O–H groups in total. The lowest BCUT2D eigenvalue weighted by atomic mass is 9.63. The molecule has 3 aliphatic carbocycles. The van der Waals surface area contributed by atoms with Crippen molar-refractivity contribution in [3.05, 3.63) is 106 Å². The highest BCUT2D eigenvalue weighted by Gasteiger charge is 2.48. The van der Waals surface area contributed by atoms with E-state index in [1.54, 1.807) is 18.7 Å². The minimum absolute atomic E-state index is 0. The van der Waals surface area contributed by atoms with Crippen LogP contribution in [-0.4, -0.2) is 162 Å². The van der Waals surface area contributed by atoms with E-state index in [4.69, 9.17) is 0 Å². The Hall–Kier alpha value is -5.64. The third-order valence-corrected chi connectivity index (χ3v) is 24.2. The van der Waals surface area contributed by atoms with E-state index in [1.807, 2.05) is 11.8 Å². The summed E-state index contributed by atoms with van der Waals surface area (Å²) in [6.07, 6.45) is 21.3. The van der Waals surface area contributed by atoms with E-state index in [1.165, 1.54) is 144 Å². The van der Waals surface area contributed by atoms with Gasteiger partial charge < -0.3 is 45.3 Å². The number of benzene rings is 3. The van der Waals surface area contributed by atoms with Gasteiger partial charge in [-0.1, -0.05) is 142 Å². The lowest BCUT2D eigenvalue weighted by molar-refractivity contribution is -0.144. The molecule has 0 aromatic heterocycles. The average Bonchev–Trinajstić information content (AvgIpc) is 0.840. The standard InChI is InChI=1S/2C29H45N3O2.C25H39N3O2.3H2/c1-6-31(27(34)26-12-9-18-32(26)22(2)33)25-13-14-29(24-11-8-7-10-23(24)25)16-20-30(21-17-29)19-15-28(3,4)5;1-5-26(33)32-17-8-9-22(21-32)27(34)30-25-12-13-29(24-11-7-6-10-23(24)25)15-19-31(20-16-29)18-14-28(2,3)4;1-18(26-19(2)29)23(30)27-22-10-11-25(21-9-7-6-8-20(21)22)13-16-28(17-14-25)15-12-24(3,4)5;;;/h7-8,10-11,25-26H,6,9,12-21H2,1-5H3;6-7,10-11,22,25H,5,8-9,12-21H2,1-4H3,(H,30,34);6-9,18,22H,10-17H2,1-5H3,(H,26,29)(H,27,30);3*1H/t25-,26?;22?,25-;18-,22+;;;/m010.../s1. The predicted molar refractivity (Wildman–Crippen MR) is 403 cm³/mol. The molecule has 3 spiro atoms. The smallest absolute Gasteiger partial charge is 0.245 e. The molecular formula is C83H135N9O6. The van der Waals surface area contributed by atoms with Crippen molar-refractivity contribution in [2.45, 2.75) is 272 Å². The molecule has 0 bridgehead atoms. The second kappa shape index (κ2) is 33.0. The molecule has 548 valence electrons. The average molecular weight is 1360 g/mol. The zero-order valence-electron chi connectivity index (χ0n) is 63.4. The molecule has 5 fully saturated rings. The molecule has 6 amide bonds. The second-order valence-corrected chi connectivity index (χ2v) is 34.8. The summed E-state index contributed by atoms with van der Waals surface area (Å²) in [5.74, 6) is 0.0731. The van der Waals surface area contributed by atoms with Crippen molar-refractivity contribution in [1.82, 2.24) is 45.3 Å². The first-order valence-corrected chi connectivity index (χ1v) is 38.6. The summed E-state index contributed by atoms with van der Waals surface area (Å²) >= 11 is 0. The van der Waals surface area contributed by atoms with Crippen LogP contribution in [0.3, 0.4) is 0 Å². The number of nitrogens with one attached hydrogen (secondary N) is 3. The fraction of sp³-hybridized carbons (Fsp3) is 0.711. The van der Waals surface area contributed by atoms with Gasteiger partial charge in [-0.2, -0.15) is 0 Å². The molecule has 5 aliphatic heterocycles. The zero-order valence-corrected chi connectivity index (χ0v) is 63.4. The summed E-state index contributed by atoms with van der Waals surface area (Å²) in [4.78, 5) is 88.8. The maximum absolute atomic E-state index is 13.7. The molecule has 0 radical (unpaired) electrons. The SMILES string of the molecule is CC(=O)N[C@@H](C)C(=O)N[C@@H]1CCC2(CCN(CCC(C)(C)C)CC2)c2ccccc21.CCC(=O)N1CCCC(C(=O)N[C@@H]2CCC3(CCN(CCC(C)(C)C)CC3)c3ccccc32)C1.CCN(C(=O)C1CCCN1C(C)=O)[C@H]1CCC2(CCN(CCC(C)(C)C)CC2)c2ccccc21.[HH].[HH].[HH]. The highest BCUT2D eigenvalue weighted by Crippen LogP contribution is 2.52. The number of carbonyl (C=O) groups is 6. The molecule has 2 unspecified atom stereocenters. The van der Waals surface area contributed by atoms with E-state index < -0.39 is 6.04 Å². The largest absolute Gasteiger partial charge is 0.349 e. The first kappa shape index (κ1) is 76.5. The molecule has 0 saturated carbocycles. The Kier molecular flexibility index (Phi) is 25.8. The number of hydrogen-bond acceptors (Lipinski definition) is 9. The Morgan fingerprint density at radius 2 is 0.949 bits per heavy atom. The van der Waals surface area contributed by atoms with E-state index in [-0.39, 0.29) is 86.1 Å². The summed E-state index contributed by atoms with van der Waals surface area (Å²) < 4.78 is 0. The van der Waals surface area contributed by atoms with E-state index in [2.05, 4.69) is 178 Å². The van der Waals surface area contributed by atoms with Gasteiger partial charge in [-0.05, 0) is 261 Å². The Bertz CT molecular complexity index is 3190. The monoisotopic (exact) mass is 1350 g/mol. The molecule has 15 heteroatoms. The van der Waals surface area contributed by atoms with Gasteiger partial charge in [-0.15, -0.1) is 0 Å².